The zero-order valence-corrected chi connectivity index (χ0v) is 15.1. The van der Waals surface area contributed by atoms with Crippen molar-refractivity contribution in [1.29, 1.82) is 0 Å². The van der Waals surface area contributed by atoms with E-state index in [0.717, 1.165) is 11.0 Å². The standard InChI is InChI=1S/C16H23N5O2.ClH/c1-5-20-11-8-6-7-9-12(11)21(14(20)17)10-13(22)18-15(23)19-16(2,3)4;/h6-9,17H,5,10H2,1-4H3,(H2,18,19,22,23);1H. The predicted octanol–water partition coefficient (Wildman–Crippen LogP) is -1.84. The van der Waals surface area contributed by atoms with E-state index < -0.39 is 17.5 Å². The predicted molar refractivity (Wildman–Crippen MR) is 88.6 cm³/mol. The molecule has 2 aromatic rings. The van der Waals surface area contributed by atoms with Gasteiger partial charge < -0.3 is 17.7 Å². The Hall–Kier alpha value is -2.28. The van der Waals surface area contributed by atoms with Crippen molar-refractivity contribution in [3.8, 4) is 0 Å². The summed E-state index contributed by atoms with van der Waals surface area (Å²) in [7, 11) is 0. The molecule has 0 unspecified atom stereocenters. The van der Waals surface area contributed by atoms with Gasteiger partial charge in [0.25, 0.3) is 5.91 Å². The van der Waals surface area contributed by atoms with E-state index in [1.807, 2.05) is 56.5 Å². The fraction of sp³-hybridized carbons (Fsp3) is 0.438. The fourth-order valence-electron chi connectivity index (χ4n) is 2.49. The maximum atomic E-state index is 12.1. The molecule has 132 valence electrons. The van der Waals surface area contributed by atoms with E-state index in [1.54, 1.807) is 4.57 Å². The number of carbonyl (C=O) groups excluding carboxylic acids is 2. The number of carbonyl (C=O) groups is 2. The molecule has 7 nitrogen and oxygen atoms in total. The molecule has 0 atom stereocenters. The number of anilines is 1. The molecule has 0 saturated heterocycles. The van der Waals surface area contributed by atoms with E-state index in [9.17, 15) is 9.59 Å². The summed E-state index contributed by atoms with van der Waals surface area (Å²) in [5.41, 5.74) is 7.56. The van der Waals surface area contributed by atoms with Crippen molar-refractivity contribution in [2.75, 3.05) is 5.73 Å². The van der Waals surface area contributed by atoms with Crippen LogP contribution in [-0.2, 0) is 17.9 Å². The van der Waals surface area contributed by atoms with Crippen molar-refractivity contribution in [1.82, 2.24) is 15.2 Å². The number of nitrogens with zero attached hydrogens (tertiary/aromatic N) is 2. The number of imidazole rings is 1. The number of nitrogens with two attached hydrogens (primary N) is 1. The molecule has 4 N–H and O–H groups in total. The Balaban J connectivity index is 0.00000288. The maximum Gasteiger partial charge on any atom is 0.356 e. The van der Waals surface area contributed by atoms with Crippen LogP contribution in [0.2, 0.25) is 0 Å². The van der Waals surface area contributed by atoms with E-state index >= 15 is 0 Å². The molecule has 24 heavy (non-hydrogen) atoms. The normalized spacial score (nSPS) is 11.0. The third-order valence-electron chi connectivity index (χ3n) is 3.38. The summed E-state index contributed by atoms with van der Waals surface area (Å²) in [6.07, 6.45) is 0. The number of hydrogen-bond donors (Lipinski definition) is 3. The first kappa shape index (κ1) is 19.8. The molecule has 1 heterocycles. The van der Waals surface area contributed by atoms with Crippen LogP contribution < -0.4 is 33.3 Å². The van der Waals surface area contributed by atoms with E-state index in [0.29, 0.717) is 12.5 Å². The molecule has 0 fully saturated rings. The first-order chi connectivity index (χ1) is 10.7. The van der Waals surface area contributed by atoms with Crippen LogP contribution in [0.4, 0.5) is 10.7 Å². The van der Waals surface area contributed by atoms with Crippen LogP contribution >= 0.6 is 0 Å². The van der Waals surface area contributed by atoms with Gasteiger partial charge in [0.15, 0.2) is 6.54 Å². The van der Waals surface area contributed by atoms with Crippen molar-refractivity contribution in [2.45, 2.75) is 46.3 Å². The second kappa shape index (κ2) is 7.53. The minimum absolute atomic E-state index is 0. The zero-order valence-electron chi connectivity index (χ0n) is 14.4. The Kier molecular flexibility index (Phi) is 6.20. The number of fused-ring (bicyclic) bond motifs is 1. The van der Waals surface area contributed by atoms with Crippen molar-refractivity contribution in [3.63, 3.8) is 0 Å². The van der Waals surface area contributed by atoms with Gasteiger partial charge in [-0.15, -0.1) is 0 Å². The molecule has 0 saturated carbocycles. The van der Waals surface area contributed by atoms with Gasteiger partial charge in [0, 0.05) is 5.54 Å². The van der Waals surface area contributed by atoms with Gasteiger partial charge in [0.05, 0.1) is 6.54 Å². The molecule has 0 bridgehead atoms. The number of para-hydroxylation sites is 2. The Morgan fingerprint density at radius 2 is 1.88 bits per heavy atom. The topological polar surface area (TPSA) is 93.0 Å². The van der Waals surface area contributed by atoms with Crippen molar-refractivity contribution in [3.05, 3.63) is 24.3 Å². The zero-order chi connectivity index (χ0) is 17.2. The molecule has 2 rings (SSSR count). The first-order valence-corrected chi connectivity index (χ1v) is 7.61. The van der Waals surface area contributed by atoms with Gasteiger partial charge in [0.1, 0.15) is 11.0 Å². The lowest BCUT2D eigenvalue weighted by Crippen LogP contribution is -3.00. The van der Waals surface area contributed by atoms with E-state index in [1.165, 1.54) is 0 Å². The Bertz CT molecular complexity index is 749. The van der Waals surface area contributed by atoms with Gasteiger partial charge in [-0.2, -0.15) is 0 Å². The molecule has 3 amide bonds. The smallest absolute Gasteiger partial charge is 0.356 e. The second-order valence-electron chi connectivity index (χ2n) is 6.43. The van der Waals surface area contributed by atoms with E-state index in [-0.39, 0.29) is 19.0 Å². The maximum absolute atomic E-state index is 12.1. The quantitative estimate of drug-likeness (QED) is 0.566. The van der Waals surface area contributed by atoms with Crippen LogP contribution in [0.3, 0.4) is 0 Å². The number of aromatic nitrogens is 2. The number of aryl methyl sites for hydroxylation is 1. The van der Waals surface area contributed by atoms with Crippen LogP contribution in [0.1, 0.15) is 27.7 Å². The number of nitrogens with one attached hydrogen (secondary N) is 2. The highest BCUT2D eigenvalue weighted by Gasteiger charge is 2.23. The molecular weight excluding hydrogens is 330 g/mol. The highest BCUT2D eigenvalue weighted by molar-refractivity contribution is 5.94. The largest absolute Gasteiger partial charge is 1.00 e. The lowest BCUT2D eigenvalue weighted by molar-refractivity contribution is -0.644. The third-order valence-corrected chi connectivity index (χ3v) is 3.38. The van der Waals surface area contributed by atoms with Crippen LogP contribution in [0.15, 0.2) is 24.3 Å². The van der Waals surface area contributed by atoms with Gasteiger partial charge in [-0.1, -0.05) is 12.1 Å². The van der Waals surface area contributed by atoms with Crippen LogP contribution in [-0.4, -0.2) is 22.0 Å². The highest BCUT2D eigenvalue weighted by Crippen LogP contribution is 2.15. The second-order valence-corrected chi connectivity index (χ2v) is 6.43. The van der Waals surface area contributed by atoms with Crippen LogP contribution in [0.5, 0.6) is 0 Å². The third kappa shape index (κ3) is 4.38. The van der Waals surface area contributed by atoms with E-state index in [2.05, 4.69) is 10.6 Å². The molecular formula is C16H24ClN5O2. The summed E-state index contributed by atoms with van der Waals surface area (Å²) >= 11 is 0. The SMILES string of the molecule is CCn1c(N)[n+](CC(=O)NC(=O)NC(C)(C)C)c2ccccc21.[Cl-]. The number of imide groups is 1. The first-order valence-electron chi connectivity index (χ1n) is 7.61. The van der Waals surface area contributed by atoms with Crippen LogP contribution in [0.25, 0.3) is 11.0 Å². The molecule has 1 aromatic heterocycles. The van der Waals surface area contributed by atoms with E-state index in [4.69, 9.17) is 5.73 Å². The highest BCUT2D eigenvalue weighted by atomic mass is 35.5. The van der Waals surface area contributed by atoms with Crippen molar-refractivity contribution < 1.29 is 26.6 Å². The summed E-state index contributed by atoms with van der Waals surface area (Å²) in [5.74, 6) is 0.0718. The molecule has 1 aromatic carbocycles. The van der Waals surface area contributed by atoms with Gasteiger partial charge in [-0.25, -0.2) is 13.9 Å². The molecule has 0 radical (unpaired) electrons. The monoisotopic (exact) mass is 353 g/mol. The lowest BCUT2D eigenvalue weighted by atomic mass is 10.1. The lowest BCUT2D eigenvalue weighted by Gasteiger charge is -2.20. The average molecular weight is 354 g/mol. The molecule has 0 aliphatic heterocycles. The van der Waals surface area contributed by atoms with Crippen molar-refractivity contribution in [2.24, 2.45) is 0 Å². The number of benzene rings is 1. The molecule has 0 aliphatic rings. The van der Waals surface area contributed by atoms with Gasteiger partial charge in [0.2, 0.25) is 0 Å². The summed E-state index contributed by atoms with van der Waals surface area (Å²) < 4.78 is 3.64. The minimum atomic E-state index is -0.513. The Labute approximate surface area is 147 Å². The Morgan fingerprint density at radius 3 is 2.46 bits per heavy atom. The number of rotatable bonds is 3. The molecule has 0 spiro atoms. The summed E-state index contributed by atoms with van der Waals surface area (Å²) in [5, 5.41) is 5.02. The van der Waals surface area contributed by atoms with Gasteiger partial charge >= 0.3 is 12.0 Å². The molecule has 8 heteroatoms. The molecule has 0 aliphatic carbocycles. The summed E-state index contributed by atoms with van der Waals surface area (Å²) in [6, 6.07) is 7.16. The number of nitrogen functional groups attached to an aromatic ring is 1. The number of hydrogen-bond acceptors (Lipinski definition) is 3. The van der Waals surface area contributed by atoms with Crippen molar-refractivity contribution >= 4 is 28.9 Å². The average Bonchev–Trinajstić information content (AvgIpc) is 2.69. The Morgan fingerprint density at radius 1 is 1.25 bits per heavy atom. The summed E-state index contributed by atoms with van der Waals surface area (Å²) in [4.78, 5) is 23.9. The number of amides is 3. The van der Waals surface area contributed by atoms with Gasteiger partial charge in [-0.3, -0.25) is 15.8 Å². The number of halogens is 1. The summed E-state index contributed by atoms with van der Waals surface area (Å²) in [6.45, 7) is 8.21. The number of urea groups is 1. The minimum Gasteiger partial charge on any atom is -1.00 e. The van der Waals surface area contributed by atoms with Gasteiger partial charge in [-0.05, 0) is 39.8 Å². The van der Waals surface area contributed by atoms with Crippen LogP contribution in [0, 0.1) is 0 Å². The fourth-order valence-corrected chi connectivity index (χ4v) is 2.49.